The second-order valence-corrected chi connectivity index (χ2v) is 7.12. The first-order chi connectivity index (χ1) is 12.2. The highest BCUT2D eigenvalue weighted by Gasteiger charge is 2.53. The van der Waals surface area contributed by atoms with Gasteiger partial charge in [0.25, 0.3) is 0 Å². The molecule has 0 aliphatic carbocycles. The number of para-hydroxylation sites is 1. The highest BCUT2D eigenvalue weighted by molar-refractivity contribution is 6.55. The molecule has 0 N–H and O–H groups in total. The lowest BCUT2D eigenvalue weighted by molar-refractivity contribution is 0.00578. The lowest BCUT2D eigenvalue weighted by Gasteiger charge is -2.32. The van der Waals surface area contributed by atoms with Gasteiger partial charge in [-0.2, -0.15) is 0 Å². The van der Waals surface area contributed by atoms with E-state index in [1.165, 1.54) is 0 Å². The standard InChI is InChI=1S/C20H26BFO4/c1-7-13-24-14-12-16(15-10-8-9-11-17(15)23-6)18(22)21-25-19(2,3)20(4,5)26-21/h1,8-11H,12-14H2,2-6H3. The molecule has 4 nitrogen and oxygen atoms in total. The molecule has 0 unspecified atom stereocenters. The van der Waals surface area contributed by atoms with E-state index in [4.69, 9.17) is 25.2 Å². The lowest BCUT2D eigenvalue weighted by Crippen LogP contribution is -2.41. The Labute approximate surface area is 155 Å². The summed E-state index contributed by atoms with van der Waals surface area (Å²) in [5.41, 5.74) is -0.649. The number of methoxy groups -OCH3 is 1. The van der Waals surface area contributed by atoms with Gasteiger partial charge in [-0.05, 0) is 45.8 Å². The van der Waals surface area contributed by atoms with Crippen molar-refractivity contribution < 1.29 is 23.2 Å². The van der Waals surface area contributed by atoms with Crippen LogP contribution in [0.15, 0.2) is 30.0 Å². The summed E-state index contributed by atoms with van der Waals surface area (Å²) in [5.74, 6) is 2.98. The summed E-state index contributed by atoms with van der Waals surface area (Å²) in [5, 5.41) is 0. The average molecular weight is 360 g/mol. The highest BCUT2D eigenvalue weighted by Crippen LogP contribution is 2.41. The Morgan fingerprint density at radius 3 is 2.38 bits per heavy atom. The first-order valence-electron chi connectivity index (χ1n) is 8.62. The van der Waals surface area contributed by atoms with Crippen LogP contribution in [0.1, 0.15) is 39.7 Å². The molecule has 1 aliphatic rings. The molecule has 1 aromatic carbocycles. The molecular weight excluding hydrogens is 334 g/mol. The van der Waals surface area contributed by atoms with Crippen molar-refractivity contribution in [3.8, 4) is 18.1 Å². The maximum absolute atomic E-state index is 15.4. The van der Waals surface area contributed by atoms with Gasteiger partial charge in [-0.25, -0.2) is 4.39 Å². The molecule has 0 aromatic heterocycles. The van der Waals surface area contributed by atoms with Gasteiger partial charge < -0.3 is 18.8 Å². The van der Waals surface area contributed by atoms with Gasteiger partial charge >= 0.3 is 7.12 Å². The van der Waals surface area contributed by atoms with Crippen LogP contribution in [-0.4, -0.2) is 38.6 Å². The lowest BCUT2D eigenvalue weighted by atomic mass is 9.81. The summed E-state index contributed by atoms with van der Waals surface area (Å²) >= 11 is 0. The van der Waals surface area contributed by atoms with Crippen LogP contribution in [0.25, 0.3) is 5.57 Å². The van der Waals surface area contributed by atoms with Gasteiger partial charge in [0.2, 0.25) is 0 Å². The molecule has 1 heterocycles. The number of rotatable bonds is 7. The maximum atomic E-state index is 15.4. The third kappa shape index (κ3) is 4.29. The minimum atomic E-state index is -1.08. The van der Waals surface area contributed by atoms with E-state index in [0.717, 1.165) is 0 Å². The Balaban J connectivity index is 2.39. The molecule has 0 radical (unpaired) electrons. The molecule has 0 saturated carbocycles. The maximum Gasteiger partial charge on any atom is 0.525 e. The fraction of sp³-hybridized carbons (Fsp3) is 0.500. The van der Waals surface area contributed by atoms with Crippen LogP contribution in [0.2, 0.25) is 0 Å². The largest absolute Gasteiger partial charge is 0.525 e. The zero-order valence-corrected chi connectivity index (χ0v) is 16.1. The summed E-state index contributed by atoms with van der Waals surface area (Å²) < 4.78 is 37.9. The Bertz CT molecular complexity index is 690. The second-order valence-electron chi connectivity index (χ2n) is 7.12. The third-order valence-corrected chi connectivity index (χ3v) is 4.86. The molecule has 1 aliphatic heterocycles. The van der Waals surface area contributed by atoms with Crippen LogP contribution in [0.5, 0.6) is 5.75 Å². The third-order valence-electron chi connectivity index (χ3n) is 4.86. The number of ether oxygens (including phenoxy) is 2. The van der Waals surface area contributed by atoms with Crippen LogP contribution in [0.4, 0.5) is 4.39 Å². The monoisotopic (exact) mass is 360 g/mol. The van der Waals surface area contributed by atoms with Crippen molar-refractivity contribution in [2.24, 2.45) is 0 Å². The molecule has 0 amide bonds. The summed E-state index contributed by atoms with van der Waals surface area (Å²) in [6.45, 7) is 8.01. The van der Waals surface area contributed by atoms with E-state index < -0.39 is 24.0 Å². The van der Waals surface area contributed by atoms with Crippen LogP contribution in [0, 0.1) is 12.3 Å². The molecule has 140 valence electrons. The average Bonchev–Trinajstić information content (AvgIpc) is 2.82. The smallest absolute Gasteiger partial charge is 0.496 e. The van der Waals surface area contributed by atoms with Gasteiger partial charge in [0.05, 0.1) is 24.9 Å². The van der Waals surface area contributed by atoms with Gasteiger partial charge in [-0.1, -0.05) is 24.1 Å². The summed E-state index contributed by atoms with van der Waals surface area (Å²) in [7, 11) is 0.477. The number of benzene rings is 1. The van der Waals surface area contributed by atoms with Crippen molar-refractivity contribution in [1.29, 1.82) is 0 Å². The summed E-state index contributed by atoms with van der Waals surface area (Å²) in [4.78, 5) is 0. The summed E-state index contributed by atoms with van der Waals surface area (Å²) in [6.07, 6.45) is 5.52. The van der Waals surface area contributed by atoms with Crippen LogP contribution in [0.3, 0.4) is 0 Å². The van der Waals surface area contributed by atoms with Crippen molar-refractivity contribution >= 4 is 12.7 Å². The normalized spacial score (nSPS) is 19.0. The molecule has 0 atom stereocenters. The van der Waals surface area contributed by atoms with Crippen molar-refractivity contribution in [3.63, 3.8) is 0 Å². The van der Waals surface area contributed by atoms with Crippen LogP contribution < -0.4 is 4.74 Å². The Morgan fingerprint density at radius 1 is 1.19 bits per heavy atom. The van der Waals surface area contributed by atoms with Gasteiger partial charge in [-0.3, -0.25) is 0 Å². The molecule has 0 spiro atoms. The first-order valence-corrected chi connectivity index (χ1v) is 8.62. The van der Waals surface area contributed by atoms with Gasteiger partial charge in [0.1, 0.15) is 18.1 Å². The quantitative estimate of drug-likeness (QED) is 0.418. The minimum absolute atomic E-state index is 0.178. The molecule has 26 heavy (non-hydrogen) atoms. The molecule has 0 bridgehead atoms. The Morgan fingerprint density at radius 2 is 1.81 bits per heavy atom. The van der Waals surface area contributed by atoms with Gasteiger partial charge in [0.15, 0.2) is 0 Å². The van der Waals surface area contributed by atoms with Crippen molar-refractivity contribution in [1.82, 2.24) is 0 Å². The van der Waals surface area contributed by atoms with Crippen molar-refractivity contribution in [2.75, 3.05) is 20.3 Å². The Hall–Kier alpha value is -1.81. The van der Waals surface area contributed by atoms with Crippen molar-refractivity contribution in [2.45, 2.75) is 45.3 Å². The van der Waals surface area contributed by atoms with Gasteiger partial charge in [0, 0.05) is 5.56 Å². The predicted octanol–water partition coefficient (Wildman–Crippen LogP) is 4.05. The van der Waals surface area contributed by atoms with E-state index in [1.54, 1.807) is 19.2 Å². The zero-order valence-electron chi connectivity index (χ0n) is 16.1. The molecule has 1 fully saturated rings. The zero-order chi connectivity index (χ0) is 19.4. The van der Waals surface area contributed by atoms with E-state index >= 15 is 4.39 Å². The number of halogens is 1. The van der Waals surface area contributed by atoms with Crippen molar-refractivity contribution in [3.05, 3.63) is 35.6 Å². The van der Waals surface area contributed by atoms with Gasteiger partial charge in [-0.15, -0.1) is 6.42 Å². The molecule has 6 heteroatoms. The molecule has 1 saturated heterocycles. The SMILES string of the molecule is C#CCOCCC(=C(F)B1OC(C)(C)C(C)(C)O1)c1ccccc1OC. The fourth-order valence-corrected chi connectivity index (χ4v) is 2.67. The number of hydrogen-bond acceptors (Lipinski definition) is 4. The van der Waals surface area contributed by atoms with E-state index in [1.807, 2.05) is 39.8 Å². The van der Waals surface area contributed by atoms with Crippen LogP contribution in [-0.2, 0) is 14.0 Å². The first kappa shape index (κ1) is 20.5. The predicted molar refractivity (Wildman–Crippen MR) is 101 cm³/mol. The van der Waals surface area contributed by atoms with Crippen LogP contribution >= 0.6 is 0 Å². The number of terminal acetylenes is 1. The van der Waals surface area contributed by atoms with E-state index in [0.29, 0.717) is 23.3 Å². The van der Waals surface area contributed by atoms with E-state index in [2.05, 4.69) is 5.92 Å². The topological polar surface area (TPSA) is 36.9 Å². The second kappa shape index (κ2) is 8.26. The number of hydrogen-bond donors (Lipinski definition) is 0. The summed E-state index contributed by atoms with van der Waals surface area (Å²) in [6, 6.07) is 7.26. The molecule has 1 aromatic rings. The Kier molecular flexibility index (Phi) is 6.51. The molecular formula is C20H26BFO4. The molecule has 2 rings (SSSR count). The minimum Gasteiger partial charge on any atom is -0.496 e. The van der Waals surface area contributed by atoms with E-state index in [-0.39, 0.29) is 13.2 Å². The fourth-order valence-electron chi connectivity index (χ4n) is 2.67. The highest BCUT2D eigenvalue weighted by atomic mass is 19.1. The van der Waals surface area contributed by atoms with E-state index in [9.17, 15) is 0 Å².